The average molecular weight is 206 g/mol. The van der Waals surface area contributed by atoms with Crippen LogP contribution in [0.25, 0.3) is 0 Å². The highest BCUT2D eigenvalue weighted by Crippen LogP contribution is 2.08. The normalized spacial score (nSPS) is 15.7. The van der Waals surface area contributed by atoms with E-state index in [4.69, 9.17) is 9.47 Å². The first kappa shape index (κ1) is 13.3. The van der Waals surface area contributed by atoms with Gasteiger partial charge in [-0.05, 0) is 31.4 Å². The van der Waals surface area contributed by atoms with Crippen molar-refractivity contribution in [1.82, 2.24) is 0 Å². The quantitative estimate of drug-likeness (QED) is 0.615. The number of hydrogen-bond donors (Lipinski definition) is 1. The third-order valence-electron chi connectivity index (χ3n) is 2.04. The van der Waals surface area contributed by atoms with Gasteiger partial charge in [-0.2, -0.15) is 12.6 Å². The van der Waals surface area contributed by atoms with Gasteiger partial charge in [-0.3, -0.25) is 0 Å². The highest BCUT2D eigenvalue weighted by Gasteiger charge is 2.04. The molecule has 0 rings (SSSR count). The Morgan fingerprint density at radius 1 is 1.23 bits per heavy atom. The van der Waals surface area contributed by atoms with Crippen LogP contribution in [0, 0.1) is 5.92 Å². The van der Waals surface area contributed by atoms with E-state index in [9.17, 15) is 0 Å². The number of hydrogen-bond acceptors (Lipinski definition) is 3. The second-order valence-electron chi connectivity index (χ2n) is 3.54. The minimum absolute atomic E-state index is 0.216. The molecule has 0 aliphatic heterocycles. The van der Waals surface area contributed by atoms with E-state index < -0.39 is 0 Å². The van der Waals surface area contributed by atoms with E-state index in [1.807, 2.05) is 6.92 Å². The molecule has 2 atom stereocenters. The van der Waals surface area contributed by atoms with E-state index in [1.165, 1.54) is 6.42 Å². The number of methoxy groups -OCH3 is 1. The van der Waals surface area contributed by atoms with Crippen molar-refractivity contribution in [3.05, 3.63) is 0 Å². The zero-order valence-corrected chi connectivity index (χ0v) is 9.85. The first-order chi connectivity index (χ1) is 6.20. The van der Waals surface area contributed by atoms with Gasteiger partial charge in [-0.15, -0.1) is 0 Å². The van der Waals surface area contributed by atoms with Gasteiger partial charge >= 0.3 is 0 Å². The van der Waals surface area contributed by atoms with Crippen molar-refractivity contribution in [2.75, 3.05) is 26.1 Å². The lowest BCUT2D eigenvalue weighted by atomic mass is 10.1. The van der Waals surface area contributed by atoms with Gasteiger partial charge in [0.15, 0.2) is 0 Å². The Bertz CT molecular complexity index is 97.1. The van der Waals surface area contributed by atoms with Crippen molar-refractivity contribution in [3.8, 4) is 0 Å². The summed E-state index contributed by atoms with van der Waals surface area (Å²) in [5.41, 5.74) is 0. The highest BCUT2D eigenvalue weighted by atomic mass is 32.1. The molecule has 0 aromatic heterocycles. The van der Waals surface area contributed by atoms with E-state index in [0.717, 1.165) is 18.8 Å². The molecule has 0 aromatic rings. The third-order valence-corrected chi connectivity index (χ3v) is 2.29. The summed E-state index contributed by atoms with van der Waals surface area (Å²) < 4.78 is 10.5. The summed E-state index contributed by atoms with van der Waals surface area (Å²) in [5.74, 6) is 1.68. The van der Waals surface area contributed by atoms with Crippen LogP contribution in [-0.4, -0.2) is 32.2 Å². The summed E-state index contributed by atoms with van der Waals surface area (Å²) in [5, 5.41) is 0. The van der Waals surface area contributed by atoms with Crippen molar-refractivity contribution in [2.24, 2.45) is 5.92 Å². The van der Waals surface area contributed by atoms with Gasteiger partial charge in [0, 0.05) is 13.7 Å². The van der Waals surface area contributed by atoms with Gasteiger partial charge in [0.25, 0.3) is 0 Å². The standard InChI is InChI=1S/C10H22O2S/c1-9(5-7-13)4-6-12-10(2)8-11-3/h9-10,13H,4-8H2,1-3H3. The van der Waals surface area contributed by atoms with Crippen molar-refractivity contribution in [2.45, 2.75) is 32.8 Å². The molecule has 0 aliphatic carbocycles. The largest absolute Gasteiger partial charge is 0.382 e. The second-order valence-corrected chi connectivity index (χ2v) is 3.99. The lowest BCUT2D eigenvalue weighted by Gasteiger charge is -2.14. The maximum absolute atomic E-state index is 5.55. The minimum atomic E-state index is 0.216. The summed E-state index contributed by atoms with van der Waals surface area (Å²) in [6.07, 6.45) is 2.51. The molecule has 0 saturated carbocycles. The molecule has 80 valence electrons. The molecular formula is C10H22O2S. The fourth-order valence-electron chi connectivity index (χ4n) is 1.12. The SMILES string of the molecule is COCC(C)OCCC(C)CCS. The van der Waals surface area contributed by atoms with Crippen LogP contribution < -0.4 is 0 Å². The first-order valence-electron chi connectivity index (χ1n) is 4.92. The molecule has 13 heavy (non-hydrogen) atoms. The van der Waals surface area contributed by atoms with Crippen molar-refractivity contribution >= 4 is 12.6 Å². The van der Waals surface area contributed by atoms with Gasteiger partial charge in [0.05, 0.1) is 12.7 Å². The molecule has 0 heterocycles. The molecular weight excluding hydrogens is 184 g/mol. The lowest BCUT2D eigenvalue weighted by Crippen LogP contribution is -2.16. The molecule has 3 heteroatoms. The summed E-state index contributed by atoms with van der Waals surface area (Å²) >= 11 is 4.20. The smallest absolute Gasteiger partial charge is 0.0780 e. The van der Waals surface area contributed by atoms with Crippen molar-refractivity contribution in [3.63, 3.8) is 0 Å². The van der Waals surface area contributed by atoms with Gasteiger partial charge in [0.1, 0.15) is 0 Å². The van der Waals surface area contributed by atoms with Crippen LogP contribution in [0.5, 0.6) is 0 Å². The molecule has 0 amide bonds. The summed E-state index contributed by atoms with van der Waals surface area (Å²) in [4.78, 5) is 0. The van der Waals surface area contributed by atoms with Crippen molar-refractivity contribution < 1.29 is 9.47 Å². The fourth-order valence-corrected chi connectivity index (χ4v) is 1.56. The summed E-state index contributed by atoms with van der Waals surface area (Å²) in [6, 6.07) is 0. The van der Waals surface area contributed by atoms with Crippen LogP contribution in [0.1, 0.15) is 26.7 Å². The monoisotopic (exact) mass is 206 g/mol. The maximum atomic E-state index is 5.55. The number of ether oxygens (including phenoxy) is 2. The Labute approximate surface area is 87.4 Å². The Balaban J connectivity index is 3.23. The molecule has 0 spiro atoms. The van der Waals surface area contributed by atoms with Crippen LogP contribution in [0.15, 0.2) is 0 Å². The lowest BCUT2D eigenvalue weighted by molar-refractivity contribution is 0.00448. The third kappa shape index (κ3) is 8.60. The maximum Gasteiger partial charge on any atom is 0.0780 e. The Kier molecular flexibility index (Phi) is 9.03. The predicted octanol–water partition coefficient (Wildman–Crippen LogP) is 2.38. The molecule has 0 aromatic carbocycles. The molecule has 0 aliphatic rings. The Morgan fingerprint density at radius 3 is 2.46 bits per heavy atom. The van der Waals surface area contributed by atoms with Gasteiger partial charge in [0.2, 0.25) is 0 Å². The molecule has 2 unspecified atom stereocenters. The Hall–Kier alpha value is 0.270. The van der Waals surface area contributed by atoms with Crippen molar-refractivity contribution in [1.29, 1.82) is 0 Å². The molecule has 0 radical (unpaired) electrons. The molecule has 0 fully saturated rings. The van der Waals surface area contributed by atoms with E-state index in [1.54, 1.807) is 7.11 Å². The molecule has 0 saturated heterocycles. The fraction of sp³-hybridized carbons (Fsp3) is 1.00. The molecule has 0 N–H and O–H groups in total. The summed E-state index contributed by atoms with van der Waals surface area (Å²) in [6.45, 7) is 5.79. The zero-order chi connectivity index (χ0) is 10.1. The zero-order valence-electron chi connectivity index (χ0n) is 8.95. The molecule has 2 nitrogen and oxygen atoms in total. The Morgan fingerprint density at radius 2 is 1.92 bits per heavy atom. The average Bonchev–Trinajstić information content (AvgIpc) is 2.05. The molecule has 0 bridgehead atoms. The number of thiol groups is 1. The van der Waals surface area contributed by atoms with Crippen LogP contribution >= 0.6 is 12.6 Å². The topological polar surface area (TPSA) is 18.5 Å². The van der Waals surface area contributed by atoms with E-state index in [2.05, 4.69) is 19.6 Å². The van der Waals surface area contributed by atoms with E-state index >= 15 is 0 Å². The highest BCUT2D eigenvalue weighted by molar-refractivity contribution is 7.80. The van der Waals surface area contributed by atoms with Crippen LogP contribution in [0.3, 0.4) is 0 Å². The van der Waals surface area contributed by atoms with E-state index in [-0.39, 0.29) is 6.10 Å². The van der Waals surface area contributed by atoms with Gasteiger partial charge < -0.3 is 9.47 Å². The van der Waals surface area contributed by atoms with E-state index in [0.29, 0.717) is 12.5 Å². The number of rotatable bonds is 8. The van der Waals surface area contributed by atoms with Crippen LogP contribution in [0.4, 0.5) is 0 Å². The predicted molar refractivity (Wildman–Crippen MR) is 59.5 cm³/mol. The van der Waals surface area contributed by atoms with Gasteiger partial charge in [-0.1, -0.05) is 6.92 Å². The first-order valence-corrected chi connectivity index (χ1v) is 5.55. The van der Waals surface area contributed by atoms with Crippen LogP contribution in [-0.2, 0) is 9.47 Å². The summed E-state index contributed by atoms with van der Waals surface area (Å²) in [7, 11) is 1.70. The second kappa shape index (κ2) is 8.85. The minimum Gasteiger partial charge on any atom is -0.382 e. The van der Waals surface area contributed by atoms with Crippen LogP contribution in [0.2, 0.25) is 0 Å². The van der Waals surface area contributed by atoms with Gasteiger partial charge in [-0.25, -0.2) is 0 Å².